The van der Waals surface area contributed by atoms with Crippen molar-refractivity contribution < 1.29 is 9.53 Å². The summed E-state index contributed by atoms with van der Waals surface area (Å²) in [6.07, 6.45) is 0. The van der Waals surface area contributed by atoms with Crippen molar-refractivity contribution in [2.45, 2.75) is 19.6 Å². The topological polar surface area (TPSA) is 29.5 Å². The van der Waals surface area contributed by atoms with E-state index in [9.17, 15) is 4.79 Å². The van der Waals surface area contributed by atoms with Crippen LogP contribution in [0.5, 0.6) is 0 Å². The number of carbonyl (C=O) groups is 1. The highest BCUT2D eigenvalue weighted by Gasteiger charge is 2.17. The van der Waals surface area contributed by atoms with Gasteiger partial charge < -0.3 is 9.64 Å². The van der Waals surface area contributed by atoms with Gasteiger partial charge in [-0.15, -0.1) is 0 Å². The first kappa shape index (κ1) is 13.5. The molecule has 0 fully saturated rings. The molecule has 0 bridgehead atoms. The number of esters is 1. The minimum atomic E-state index is -0.338. The van der Waals surface area contributed by atoms with Crippen molar-refractivity contribution in [3.8, 4) is 0 Å². The average Bonchev–Trinajstić information content (AvgIpc) is 2.35. The molecule has 0 aliphatic carbocycles. The lowest BCUT2D eigenvalue weighted by atomic mass is 10.1. The number of rotatable bonds is 5. The zero-order valence-corrected chi connectivity index (χ0v) is 10.6. The fourth-order valence-electron chi connectivity index (χ4n) is 1.30. The van der Waals surface area contributed by atoms with Crippen molar-refractivity contribution in [1.82, 2.24) is 4.90 Å². The van der Waals surface area contributed by atoms with Crippen molar-refractivity contribution in [3.63, 3.8) is 0 Å². The van der Waals surface area contributed by atoms with Gasteiger partial charge in [0.05, 0.1) is 0 Å². The fourth-order valence-corrected chi connectivity index (χ4v) is 1.30. The normalized spacial score (nSPS) is 12.2. The Morgan fingerprint density at radius 3 is 2.47 bits per heavy atom. The van der Waals surface area contributed by atoms with Crippen molar-refractivity contribution in [2.75, 3.05) is 14.1 Å². The van der Waals surface area contributed by atoms with Crippen LogP contribution < -0.4 is 0 Å². The molecule has 1 aromatic carbocycles. The third-order valence-electron chi connectivity index (χ3n) is 2.75. The first-order valence-electron chi connectivity index (χ1n) is 5.58. The molecular weight excluding hydrogens is 214 g/mol. The predicted octanol–water partition coefficient (Wildman–Crippen LogP) is 2.24. The van der Waals surface area contributed by atoms with Gasteiger partial charge in [0, 0.05) is 11.6 Å². The smallest absolute Gasteiger partial charge is 0.335 e. The summed E-state index contributed by atoms with van der Waals surface area (Å²) in [6, 6.07) is 9.59. The van der Waals surface area contributed by atoms with Crippen LogP contribution in [0.15, 0.2) is 42.5 Å². The number of hydrogen-bond acceptors (Lipinski definition) is 3. The van der Waals surface area contributed by atoms with Gasteiger partial charge in [0.1, 0.15) is 6.61 Å². The van der Waals surface area contributed by atoms with Crippen LogP contribution in [-0.2, 0) is 16.1 Å². The average molecular weight is 233 g/mol. The maximum Gasteiger partial charge on any atom is 0.335 e. The van der Waals surface area contributed by atoms with E-state index in [1.165, 1.54) is 0 Å². The Bertz CT molecular complexity index is 384. The molecule has 0 spiro atoms. The van der Waals surface area contributed by atoms with Gasteiger partial charge in [-0.05, 0) is 26.6 Å². The molecule has 17 heavy (non-hydrogen) atoms. The van der Waals surface area contributed by atoms with Crippen LogP contribution in [-0.4, -0.2) is 31.0 Å². The number of carbonyl (C=O) groups excluding carboxylic acids is 1. The maximum absolute atomic E-state index is 11.7. The Morgan fingerprint density at radius 2 is 1.94 bits per heavy atom. The Kier molecular flexibility index (Phi) is 4.91. The lowest BCUT2D eigenvalue weighted by Crippen LogP contribution is -2.30. The van der Waals surface area contributed by atoms with Gasteiger partial charge in [0.2, 0.25) is 0 Å². The summed E-state index contributed by atoms with van der Waals surface area (Å²) in [7, 11) is 3.81. The molecule has 1 atom stereocenters. The van der Waals surface area contributed by atoms with Crippen LogP contribution in [0.2, 0.25) is 0 Å². The van der Waals surface area contributed by atoms with Gasteiger partial charge in [-0.1, -0.05) is 36.9 Å². The molecular formula is C14H19NO2. The molecule has 0 aliphatic heterocycles. The van der Waals surface area contributed by atoms with Crippen molar-refractivity contribution >= 4 is 5.97 Å². The molecule has 0 N–H and O–H groups in total. The number of benzene rings is 1. The molecule has 1 aromatic rings. The van der Waals surface area contributed by atoms with Gasteiger partial charge >= 0.3 is 5.97 Å². The molecule has 1 unspecified atom stereocenters. The molecule has 0 saturated carbocycles. The zero-order valence-electron chi connectivity index (χ0n) is 10.6. The molecule has 3 heteroatoms. The lowest BCUT2D eigenvalue weighted by molar-refractivity contribution is -0.140. The SMILES string of the molecule is C=C(C(=O)OCc1ccccc1)C(C)N(C)C. The number of likely N-dealkylation sites (N-methyl/N-ethyl adjacent to an activating group) is 1. The minimum absolute atomic E-state index is 0.0155. The lowest BCUT2D eigenvalue weighted by Gasteiger charge is -2.20. The summed E-state index contributed by atoms with van der Waals surface area (Å²) in [6.45, 7) is 5.99. The van der Waals surface area contributed by atoms with Crippen LogP contribution >= 0.6 is 0 Å². The third kappa shape index (κ3) is 4.04. The highest BCUT2D eigenvalue weighted by atomic mass is 16.5. The molecule has 92 valence electrons. The second-order valence-corrected chi connectivity index (χ2v) is 4.23. The predicted molar refractivity (Wildman–Crippen MR) is 68.5 cm³/mol. The van der Waals surface area contributed by atoms with E-state index < -0.39 is 0 Å². The van der Waals surface area contributed by atoms with Gasteiger partial charge in [0.15, 0.2) is 0 Å². The second-order valence-electron chi connectivity index (χ2n) is 4.23. The molecule has 0 saturated heterocycles. The number of nitrogens with zero attached hydrogens (tertiary/aromatic N) is 1. The molecule has 1 rings (SSSR count). The summed E-state index contributed by atoms with van der Waals surface area (Å²) in [5.74, 6) is -0.338. The highest BCUT2D eigenvalue weighted by molar-refractivity contribution is 5.88. The van der Waals surface area contributed by atoms with E-state index in [2.05, 4.69) is 6.58 Å². The van der Waals surface area contributed by atoms with E-state index in [0.717, 1.165) is 5.56 Å². The zero-order chi connectivity index (χ0) is 12.8. The Balaban J connectivity index is 2.48. The van der Waals surface area contributed by atoms with Crippen molar-refractivity contribution in [3.05, 3.63) is 48.0 Å². The number of ether oxygens (including phenoxy) is 1. The van der Waals surface area contributed by atoms with Crippen molar-refractivity contribution in [2.24, 2.45) is 0 Å². The quantitative estimate of drug-likeness (QED) is 0.577. The summed E-state index contributed by atoms with van der Waals surface area (Å²) in [4.78, 5) is 13.6. The first-order chi connectivity index (χ1) is 8.02. The number of hydrogen-bond donors (Lipinski definition) is 0. The van der Waals surface area contributed by atoms with Crippen LogP contribution in [0.1, 0.15) is 12.5 Å². The standard InChI is InChI=1S/C14H19NO2/c1-11(12(2)15(3)4)14(16)17-10-13-8-6-5-7-9-13/h5-9,12H,1,10H2,2-4H3. The van der Waals surface area contributed by atoms with E-state index in [-0.39, 0.29) is 12.0 Å². The van der Waals surface area contributed by atoms with Gasteiger partial charge in [-0.2, -0.15) is 0 Å². The van der Waals surface area contributed by atoms with E-state index in [4.69, 9.17) is 4.74 Å². The Labute approximate surface area is 103 Å². The Morgan fingerprint density at radius 1 is 1.35 bits per heavy atom. The van der Waals surface area contributed by atoms with E-state index in [1.54, 1.807) is 0 Å². The largest absolute Gasteiger partial charge is 0.457 e. The van der Waals surface area contributed by atoms with E-state index >= 15 is 0 Å². The molecule has 0 amide bonds. The van der Waals surface area contributed by atoms with Crippen LogP contribution in [0.25, 0.3) is 0 Å². The van der Waals surface area contributed by atoms with Gasteiger partial charge in [-0.25, -0.2) is 4.79 Å². The maximum atomic E-state index is 11.7. The summed E-state index contributed by atoms with van der Waals surface area (Å²) >= 11 is 0. The van der Waals surface area contributed by atoms with Crippen LogP contribution in [0.3, 0.4) is 0 Å². The minimum Gasteiger partial charge on any atom is -0.457 e. The fraction of sp³-hybridized carbons (Fsp3) is 0.357. The second kappa shape index (κ2) is 6.21. The Hall–Kier alpha value is -1.61. The summed E-state index contributed by atoms with van der Waals surface area (Å²) in [5.41, 5.74) is 1.46. The first-order valence-corrected chi connectivity index (χ1v) is 5.58. The summed E-state index contributed by atoms with van der Waals surface area (Å²) in [5, 5.41) is 0. The molecule has 0 heterocycles. The van der Waals surface area contributed by atoms with Gasteiger partial charge in [-0.3, -0.25) is 0 Å². The van der Waals surface area contributed by atoms with E-state index in [1.807, 2.05) is 56.3 Å². The molecule has 3 nitrogen and oxygen atoms in total. The highest BCUT2D eigenvalue weighted by Crippen LogP contribution is 2.09. The monoisotopic (exact) mass is 233 g/mol. The van der Waals surface area contributed by atoms with Crippen LogP contribution in [0, 0.1) is 0 Å². The molecule has 0 radical (unpaired) electrons. The third-order valence-corrected chi connectivity index (χ3v) is 2.75. The van der Waals surface area contributed by atoms with E-state index in [0.29, 0.717) is 12.2 Å². The molecule has 0 aliphatic rings. The van der Waals surface area contributed by atoms with Crippen molar-refractivity contribution in [1.29, 1.82) is 0 Å². The van der Waals surface area contributed by atoms with Crippen LogP contribution in [0.4, 0.5) is 0 Å². The summed E-state index contributed by atoms with van der Waals surface area (Å²) < 4.78 is 5.20. The van der Waals surface area contributed by atoms with Gasteiger partial charge in [0.25, 0.3) is 0 Å². The molecule has 0 aromatic heterocycles.